The topological polar surface area (TPSA) is 74.7 Å². The Hall–Kier alpha value is -2.06. The summed E-state index contributed by atoms with van der Waals surface area (Å²) in [7, 11) is 0. The SMILES string of the molecule is Cc1cc(Nc2ncc(N)cc2C#N)ccc1Br. The Bertz CT molecular complexity index is 631. The quantitative estimate of drug-likeness (QED) is 0.892. The van der Waals surface area contributed by atoms with Crippen molar-refractivity contribution in [3.8, 4) is 6.07 Å². The van der Waals surface area contributed by atoms with Crippen LogP contribution in [0.5, 0.6) is 0 Å². The van der Waals surface area contributed by atoms with Crippen molar-refractivity contribution in [2.24, 2.45) is 0 Å². The van der Waals surface area contributed by atoms with E-state index in [1.54, 1.807) is 6.07 Å². The molecule has 1 heterocycles. The van der Waals surface area contributed by atoms with Crippen molar-refractivity contribution in [1.82, 2.24) is 4.98 Å². The third kappa shape index (κ3) is 2.60. The molecule has 0 aliphatic heterocycles. The van der Waals surface area contributed by atoms with E-state index in [1.165, 1.54) is 6.20 Å². The Labute approximate surface area is 114 Å². The van der Waals surface area contributed by atoms with Gasteiger partial charge >= 0.3 is 0 Å². The van der Waals surface area contributed by atoms with Gasteiger partial charge in [0.2, 0.25) is 0 Å². The van der Waals surface area contributed by atoms with Crippen molar-refractivity contribution in [1.29, 1.82) is 5.26 Å². The molecule has 0 radical (unpaired) electrons. The molecular weight excluding hydrogens is 292 g/mol. The first-order valence-corrected chi connectivity index (χ1v) is 6.08. The number of nitrogen functional groups attached to an aromatic ring is 1. The van der Waals surface area contributed by atoms with Crippen LogP contribution in [-0.4, -0.2) is 4.98 Å². The summed E-state index contributed by atoms with van der Waals surface area (Å²) >= 11 is 3.44. The highest BCUT2D eigenvalue weighted by Gasteiger charge is 2.05. The molecule has 0 fully saturated rings. The monoisotopic (exact) mass is 302 g/mol. The van der Waals surface area contributed by atoms with Gasteiger partial charge in [0.25, 0.3) is 0 Å². The maximum Gasteiger partial charge on any atom is 0.148 e. The minimum absolute atomic E-state index is 0.426. The van der Waals surface area contributed by atoms with E-state index in [9.17, 15) is 0 Å². The molecule has 1 aromatic carbocycles. The predicted octanol–water partition coefficient (Wildman–Crippen LogP) is 3.35. The van der Waals surface area contributed by atoms with Crippen LogP contribution >= 0.6 is 15.9 Å². The van der Waals surface area contributed by atoms with E-state index in [0.29, 0.717) is 17.1 Å². The maximum absolute atomic E-state index is 9.03. The summed E-state index contributed by atoms with van der Waals surface area (Å²) in [6.45, 7) is 2.00. The third-order valence-electron chi connectivity index (χ3n) is 2.45. The molecule has 1 aromatic heterocycles. The summed E-state index contributed by atoms with van der Waals surface area (Å²) in [6, 6.07) is 9.50. The van der Waals surface area contributed by atoms with Gasteiger partial charge in [-0.2, -0.15) is 5.26 Å². The molecule has 0 aliphatic carbocycles. The molecule has 0 unspecified atom stereocenters. The van der Waals surface area contributed by atoms with Crippen LogP contribution in [-0.2, 0) is 0 Å². The third-order valence-corrected chi connectivity index (χ3v) is 3.34. The van der Waals surface area contributed by atoms with Gasteiger partial charge in [0.15, 0.2) is 0 Å². The molecule has 0 amide bonds. The standard InChI is InChI=1S/C13H11BrN4/c1-8-4-11(2-3-12(8)14)18-13-9(6-15)5-10(16)7-17-13/h2-5,7H,16H2,1H3,(H,17,18). The average Bonchev–Trinajstić information content (AvgIpc) is 2.36. The molecule has 2 rings (SSSR count). The minimum atomic E-state index is 0.426. The molecule has 5 heteroatoms. The fourth-order valence-electron chi connectivity index (χ4n) is 1.52. The highest BCUT2D eigenvalue weighted by Crippen LogP contribution is 2.24. The zero-order valence-corrected chi connectivity index (χ0v) is 11.3. The summed E-state index contributed by atoms with van der Waals surface area (Å²) in [5.74, 6) is 0.508. The van der Waals surface area contributed by atoms with E-state index < -0.39 is 0 Å². The predicted molar refractivity (Wildman–Crippen MR) is 75.5 cm³/mol. The lowest BCUT2D eigenvalue weighted by molar-refractivity contribution is 1.28. The van der Waals surface area contributed by atoms with Crippen molar-refractivity contribution in [3.05, 3.63) is 46.1 Å². The van der Waals surface area contributed by atoms with Crippen LogP contribution in [0.15, 0.2) is 34.9 Å². The number of nitrogens with zero attached hydrogens (tertiary/aromatic N) is 2. The Morgan fingerprint density at radius 3 is 2.83 bits per heavy atom. The van der Waals surface area contributed by atoms with E-state index in [0.717, 1.165) is 15.7 Å². The lowest BCUT2D eigenvalue weighted by atomic mass is 10.2. The van der Waals surface area contributed by atoms with E-state index in [1.807, 2.05) is 25.1 Å². The minimum Gasteiger partial charge on any atom is -0.397 e. The highest BCUT2D eigenvalue weighted by atomic mass is 79.9. The number of pyridine rings is 1. The second kappa shape index (κ2) is 5.07. The number of benzene rings is 1. The van der Waals surface area contributed by atoms with Crippen molar-refractivity contribution < 1.29 is 0 Å². The van der Waals surface area contributed by atoms with Crippen LogP contribution < -0.4 is 11.1 Å². The van der Waals surface area contributed by atoms with Crippen molar-refractivity contribution in [2.75, 3.05) is 11.1 Å². The highest BCUT2D eigenvalue weighted by molar-refractivity contribution is 9.10. The molecule has 90 valence electrons. The number of aryl methyl sites for hydroxylation is 1. The first-order chi connectivity index (χ1) is 8.60. The van der Waals surface area contributed by atoms with Crippen molar-refractivity contribution >= 4 is 33.1 Å². The van der Waals surface area contributed by atoms with E-state index in [-0.39, 0.29) is 0 Å². The molecule has 2 aromatic rings. The summed E-state index contributed by atoms with van der Waals surface area (Å²) in [5.41, 5.74) is 8.48. The Kier molecular flexibility index (Phi) is 3.49. The lowest BCUT2D eigenvalue weighted by Crippen LogP contribution is -1.99. The zero-order valence-electron chi connectivity index (χ0n) is 9.74. The lowest BCUT2D eigenvalue weighted by Gasteiger charge is -2.09. The molecule has 0 spiro atoms. The molecule has 3 N–H and O–H groups in total. The molecular formula is C13H11BrN4. The molecule has 0 bridgehead atoms. The van der Waals surface area contributed by atoms with Crippen LogP contribution in [0.2, 0.25) is 0 Å². The van der Waals surface area contributed by atoms with E-state index in [2.05, 4.69) is 32.3 Å². The number of rotatable bonds is 2. The van der Waals surface area contributed by atoms with Gasteiger partial charge in [0, 0.05) is 10.2 Å². The molecule has 0 aliphatic rings. The van der Waals surface area contributed by atoms with Gasteiger partial charge in [-0.05, 0) is 36.8 Å². The molecule has 0 atom stereocenters. The number of anilines is 3. The molecule has 4 nitrogen and oxygen atoms in total. The van der Waals surface area contributed by atoms with Crippen molar-refractivity contribution in [3.63, 3.8) is 0 Å². The summed E-state index contributed by atoms with van der Waals surface area (Å²) < 4.78 is 1.04. The number of nitrogens with one attached hydrogen (secondary N) is 1. The Balaban J connectivity index is 2.34. The van der Waals surface area contributed by atoms with Gasteiger partial charge in [0.1, 0.15) is 11.9 Å². The maximum atomic E-state index is 9.03. The molecule has 0 saturated heterocycles. The van der Waals surface area contributed by atoms with Crippen LogP contribution in [0.1, 0.15) is 11.1 Å². The van der Waals surface area contributed by atoms with Gasteiger partial charge in [-0.15, -0.1) is 0 Å². The van der Waals surface area contributed by atoms with Gasteiger partial charge < -0.3 is 11.1 Å². The number of aromatic nitrogens is 1. The summed E-state index contributed by atoms with van der Waals surface area (Å²) in [6.07, 6.45) is 1.52. The molecule has 18 heavy (non-hydrogen) atoms. The van der Waals surface area contributed by atoms with E-state index in [4.69, 9.17) is 11.0 Å². The second-order valence-corrected chi connectivity index (χ2v) is 4.72. The van der Waals surface area contributed by atoms with Crippen LogP contribution in [0.4, 0.5) is 17.2 Å². The zero-order chi connectivity index (χ0) is 13.1. The largest absolute Gasteiger partial charge is 0.397 e. The normalized spacial score (nSPS) is 9.83. The molecule has 0 saturated carbocycles. The van der Waals surface area contributed by atoms with Gasteiger partial charge in [0.05, 0.1) is 17.4 Å². The number of hydrogen-bond donors (Lipinski definition) is 2. The average molecular weight is 303 g/mol. The van der Waals surface area contributed by atoms with Crippen LogP contribution in [0, 0.1) is 18.3 Å². The fourth-order valence-corrected chi connectivity index (χ4v) is 1.77. The Morgan fingerprint density at radius 1 is 1.39 bits per heavy atom. The second-order valence-electron chi connectivity index (χ2n) is 3.87. The first-order valence-electron chi connectivity index (χ1n) is 5.29. The van der Waals surface area contributed by atoms with Gasteiger partial charge in [-0.1, -0.05) is 15.9 Å². The van der Waals surface area contributed by atoms with Gasteiger partial charge in [-0.3, -0.25) is 0 Å². The number of hydrogen-bond acceptors (Lipinski definition) is 4. The summed E-state index contributed by atoms with van der Waals surface area (Å²) in [4.78, 5) is 4.13. The van der Waals surface area contributed by atoms with Crippen LogP contribution in [0.25, 0.3) is 0 Å². The Morgan fingerprint density at radius 2 is 2.17 bits per heavy atom. The number of halogens is 1. The fraction of sp³-hybridized carbons (Fsp3) is 0.0769. The number of nitriles is 1. The summed E-state index contributed by atoms with van der Waals surface area (Å²) in [5, 5.41) is 12.1. The van der Waals surface area contributed by atoms with Gasteiger partial charge in [-0.25, -0.2) is 4.98 Å². The van der Waals surface area contributed by atoms with Crippen molar-refractivity contribution in [2.45, 2.75) is 6.92 Å². The van der Waals surface area contributed by atoms with E-state index >= 15 is 0 Å². The number of nitrogens with two attached hydrogens (primary N) is 1. The smallest absolute Gasteiger partial charge is 0.148 e. The van der Waals surface area contributed by atoms with Crippen LogP contribution in [0.3, 0.4) is 0 Å². The first kappa shape index (κ1) is 12.4.